The van der Waals surface area contributed by atoms with Gasteiger partial charge in [-0.1, -0.05) is 168 Å². The van der Waals surface area contributed by atoms with Gasteiger partial charge in [0.1, 0.15) is 0 Å². The van der Waals surface area contributed by atoms with Gasteiger partial charge >= 0.3 is 23.9 Å². The van der Waals surface area contributed by atoms with E-state index in [1.165, 1.54) is 116 Å². The number of unbranched alkanes of at least 4 members (excludes halogenated alkanes) is 24. The molecule has 0 radical (unpaired) electrons. The monoisotopic (exact) mass is 631 g/mol. The summed E-state index contributed by atoms with van der Waals surface area (Å²) in [6.07, 6.45) is 29.1. The molecular weight excluding hydrogens is 560 g/mol. The Morgan fingerprint density at radius 2 is 0.591 bits per heavy atom. The first-order valence-corrected chi connectivity index (χ1v) is 18.4. The van der Waals surface area contributed by atoms with Crippen LogP contribution in [0.3, 0.4) is 0 Å². The van der Waals surface area contributed by atoms with E-state index in [4.69, 9.17) is 9.47 Å². The minimum Gasteiger partial charge on any atom is -0.408 e. The SMILES string of the molecule is CCCCCCCCCCCCCCCC(O)(O)OC(=O)CCC(=O)OC(O)(O)CCCCCCCCCCCCCCC. The molecule has 0 spiro atoms. The molecule has 0 unspecified atom stereocenters. The number of hydrogen-bond donors (Lipinski definition) is 4. The standard InChI is InChI=1S/C36H70O8/c1-3-5-7-9-11-13-15-17-19-21-23-25-27-31-35(39,40)43-33(37)29-30-34(38)44-36(41,42)32-28-26-24-22-20-18-16-14-12-10-8-6-4-2/h39-42H,3-32H2,1-2H3. The van der Waals surface area contributed by atoms with Crippen LogP contribution in [0, 0.1) is 0 Å². The van der Waals surface area contributed by atoms with Gasteiger partial charge in [0.2, 0.25) is 0 Å². The highest BCUT2D eigenvalue weighted by Crippen LogP contribution is 2.20. The second-order valence-corrected chi connectivity index (χ2v) is 12.9. The van der Waals surface area contributed by atoms with Crippen molar-refractivity contribution in [1.29, 1.82) is 0 Å². The van der Waals surface area contributed by atoms with Crippen molar-refractivity contribution in [3.8, 4) is 0 Å². The van der Waals surface area contributed by atoms with Crippen LogP contribution in [0.25, 0.3) is 0 Å². The summed E-state index contributed by atoms with van der Waals surface area (Å²) in [6.45, 7) is 4.47. The van der Waals surface area contributed by atoms with Gasteiger partial charge in [0.25, 0.3) is 0 Å². The highest BCUT2D eigenvalue weighted by Gasteiger charge is 2.30. The van der Waals surface area contributed by atoms with E-state index in [1.54, 1.807) is 0 Å². The van der Waals surface area contributed by atoms with Crippen LogP contribution < -0.4 is 0 Å². The number of aliphatic hydroxyl groups is 4. The molecule has 0 aliphatic rings. The molecule has 0 aliphatic heterocycles. The van der Waals surface area contributed by atoms with Crippen molar-refractivity contribution in [2.45, 2.75) is 218 Å². The van der Waals surface area contributed by atoms with Gasteiger partial charge in [0, 0.05) is 12.8 Å². The highest BCUT2D eigenvalue weighted by atomic mass is 16.8. The predicted molar refractivity (Wildman–Crippen MR) is 176 cm³/mol. The Hall–Kier alpha value is -1.22. The molecule has 0 aromatic heterocycles. The topological polar surface area (TPSA) is 134 Å². The molecule has 0 atom stereocenters. The zero-order valence-electron chi connectivity index (χ0n) is 28.6. The van der Waals surface area contributed by atoms with E-state index in [2.05, 4.69) is 13.8 Å². The van der Waals surface area contributed by atoms with Gasteiger partial charge in [0.05, 0.1) is 12.8 Å². The Labute approximate surface area is 269 Å². The number of ether oxygens (including phenoxy) is 2. The Balaban J connectivity index is 3.76. The van der Waals surface area contributed by atoms with Crippen LogP contribution in [-0.2, 0) is 19.1 Å². The Morgan fingerprint density at radius 1 is 0.386 bits per heavy atom. The van der Waals surface area contributed by atoms with Crippen molar-refractivity contribution in [3.05, 3.63) is 0 Å². The van der Waals surface area contributed by atoms with Gasteiger partial charge < -0.3 is 29.9 Å². The normalized spacial score (nSPS) is 12.0. The molecule has 0 aliphatic carbocycles. The number of esters is 2. The number of hydrogen-bond acceptors (Lipinski definition) is 8. The third-order valence-electron chi connectivity index (χ3n) is 8.30. The molecule has 0 aromatic carbocycles. The van der Waals surface area contributed by atoms with Crippen LogP contribution >= 0.6 is 0 Å². The van der Waals surface area contributed by atoms with Crippen molar-refractivity contribution >= 4 is 11.9 Å². The van der Waals surface area contributed by atoms with Gasteiger partial charge in [0.15, 0.2) is 0 Å². The van der Waals surface area contributed by atoms with Gasteiger partial charge in [-0.25, -0.2) is 0 Å². The summed E-state index contributed by atoms with van der Waals surface area (Å²) in [5, 5.41) is 39.9. The second-order valence-electron chi connectivity index (χ2n) is 12.9. The lowest BCUT2D eigenvalue weighted by molar-refractivity contribution is -0.326. The Kier molecular flexibility index (Phi) is 28.4. The average Bonchev–Trinajstić information content (AvgIpc) is 2.96. The van der Waals surface area contributed by atoms with E-state index in [0.717, 1.165) is 38.5 Å². The van der Waals surface area contributed by atoms with Gasteiger partial charge in [-0.2, -0.15) is 0 Å². The maximum absolute atomic E-state index is 12.0. The molecule has 44 heavy (non-hydrogen) atoms. The smallest absolute Gasteiger partial charge is 0.324 e. The lowest BCUT2D eigenvalue weighted by Crippen LogP contribution is -2.36. The summed E-state index contributed by atoms with van der Waals surface area (Å²) in [6, 6.07) is 0. The maximum atomic E-state index is 12.0. The zero-order valence-corrected chi connectivity index (χ0v) is 28.6. The summed E-state index contributed by atoms with van der Waals surface area (Å²) in [5.41, 5.74) is 0. The first-order chi connectivity index (χ1) is 21.1. The summed E-state index contributed by atoms with van der Waals surface area (Å²) in [5.74, 6) is -7.07. The Morgan fingerprint density at radius 3 is 0.818 bits per heavy atom. The van der Waals surface area contributed by atoms with Crippen LogP contribution in [0.4, 0.5) is 0 Å². The van der Waals surface area contributed by atoms with Crippen molar-refractivity contribution in [1.82, 2.24) is 0 Å². The summed E-state index contributed by atoms with van der Waals surface area (Å²) in [4.78, 5) is 24.0. The van der Waals surface area contributed by atoms with E-state index in [9.17, 15) is 30.0 Å². The fraction of sp³-hybridized carbons (Fsp3) is 0.944. The second kappa shape index (κ2) is 29.2. The molecule has 0 heterocycles. The quantitative estimate of drug-likeness (QED) is 0.0320. The minimum atomic E-state index is -2.58. The van der Waals surface area contributed by atoms with Crippen molar-refractivity contribution in [2.75, 3.05) is 0 Å². The molecule has 0 bridgehead atoms. The zero-order chi connectivity index (χ0) is 32.8. The van der Waals surface area contributed by atoms with E-state index < -0.39 is 36.7 Å². The summed E-state index contributed by atoms with van der Waals surface area (Å²) >= 11 is 0. The van der Waals surface area contributed by atoms with Crippen LogP contribution in [0.5, 0.6) is 0 Å². The largest absolute Gasteiger partial charge is 0.408 e. The fourth-order valence-corrected chi connectivity index (χ4v) is 5.52. The molecule has 8 nitrogen and oxygen atoms in total. The molecule has 0 aromatic rings. The number of rotatable bonds is 33. The number of carbonyl (C=O) groups excluding carboxylic acids is 2. The summed E-state index contributed by atoms with van der Waals surface area (Å²) < 4.78 is 9.44. The molecule has 8 heteroatoms. The van der Waals surface area contributed by atoms with Crippen LogP contribution in [0.1, 0.15) is 206 Å². The van der Waals surface area contributed by atoms with Crippen molar-refractivity contribution in [2.24, 2.45) is 0 Å². The fourth-order valence-electron chi connectivity index (χ4n) is 5.52. The minimum absolute atomic E-state index is 0.101. The lowest BCUT2D eigenvalue weighted by Gasteiger charge is -2.22. The maximum Gasteiger partial charge on any atom is 0.324 e. The van der Waals surface area contributed by atoms with Gasteiger partial charge in [-0.3, -0.25) is 9.59 Å². The molecule has 0 saturated heterocycles. The molecule has 0 amide bonds. The predicted octanol–water partition coefficient (Wildman–Crippen LogP) is 9.09. The van der Waals surface area contributed by atoms with E-state index in [-0.39, 0.29) is 12.8 Å². The molecule has 262 valence electrons. The lowest BCUT2D eigenvalue weighted by atomic mass is 10.0. The van der Waals surface area contributed by atoms with Crippen LogP contribution in [-0.4, -0.2) is 44.3 Å². The van der Waals surface area contributed by atoms with E-state index in [1.807, 2.05) is 0 Å². The van der Waals surface area contributed by atoms with E-state index >= 15 is 0 Å². The number of carbonyl (C=O) groups is 2. The highest BCUT2D eigenvalue weighted by molar-refractivity contribution is 5.77. The molecular formula is C36H70O8. The van der Waals surface area contributed by atoms with Gasteiger partial charge in [-0.15, -0.1) is 0 Å². The third-order valence-corrected chi connectivity index (χ3v) is 8.30. The Bertz CT molecular complexity index is 609. The third kappa shape index (κ3) is 30.8. The van der Waals surface area contributed by atoms with Crippen LogP contribution in [0.15, 0.2) is 0 Å². The first kappa shape index (κ1) is 42.8. The molecule has 0 rings (SSSR count). The average molecular weight is 631 g/mol. The van der Waals surface area contributed by atoms with E-state index in [0.29, 0.717) is 12.8 Å². The van der Waals surface area contributed by atoms with Gasteiger partial charge in [-0.05, 0) is 12.8 Å². The molecule has 0 fully saturated rings. The molecule has 0 saturated carbocycles. The van der Waals surface area contributed by atoms with Crippen LogP contribution in [0.2, 0.25) is 0 Å². The van der Waals surface area contributed by atoms with Crippen molar-refractivity contribution in [3.63, 3.8) is 0 Å². The van der Waals surface area contributed by atoms with Crippen molar-refractivity contribution < 1.29 is 39.5 Å². The first-order valence-electron chi connectivity index (χ1n) is 18.4. The summed E-state index contributed by atoms with van der Waals surface area (Å²) in [7, 11) is 0. The molecule has 4 N–H and O–H groups in total.